The van der Waals surface area contributed by atoms with Gasteiger partial charge in [-0.15, -0.1) is 0 Å². The van der Waals surface area contributed by atoms with Crippen molar-refractivity contribution in [1.29, 1.82) is 0 Å². The van der Waals surface area contributed by atoms with Gasteiger partial charge in [0.15, 0.2) is 12.1 Å². The van der Waals surface area contributed by atoms with Crippen molar-refractivity contribution in [2.45, 2.75) is 32.6 Å². The van der Waals surface area contributed by atoms with Crippen LogP contribution >= 0.6 is 0 Å². The number of hydrogen-bond acceptors (Lipinski definition) is 4. The zero-order valence-electron chi connectivity index (χ0n) is 10.6. The molecule has 0 saturated carbocycles. The lowest BCUT2D eigenvalue weighted by Gasteiger charge is -2.21. The highest BCUT2D eigenvalue weighted by Crippen LogP contribution is 2.09. The minimum atomic E-state index is -0.473. The average molecular weight is 241 g/mol. The summed E-state index contributed by atoms with van der Waals surface area (Å²) in [4.78, 5) is 11.8. The largest absolute Gasteiger partial charge is 0.456 e. The Morgan fingerprint density at radius 1 is 1.41 bits per heavy atom. The molecule has 0 saturated heterocycles. The number of carbonyl (C=O) groups is 1. The summed E-state index contributed by atoms with van der Waals surface area (Å²) in [6, 6.07) is 3.20. The summed E-state index contributed by atoms with van der Waals surface area (Å²) in [5, 5.41) is 2.75. The summed E-state index contributed by atoms with van der Waals surface area (Å²) < 4.78 is 15.5. The van der Waals surface area contributed by atoms with Crippen LogP contribution in [0.15, 0.2) is 16.5 Å². The van der Waals surface area contributed by atoms with E-state index < -0.39 is 6.29 Å². The molecule has 1 rings (SSSR count). The number of aryl methyl sites for hydroxylation is 1. The highest BCUT2D eigenvalue weighted by atomic mass is 16.7. The SMILES string of the molecule is CCc1ccc(C(=O)NC(C)C(OC)OC)o1. The number of nitrogens with one attached hydrogen (secondary N) is 1. The first-order valence-corrected chi connectivity index (χ1v) is 5.57. The highest BCUT2D eigenvalue weighted by Gasteiger charge is 2.20. The van der Waals surface area contributed by atoms with E-state index >= 15 is 0 Å². The summed E-state index contributed by atoms with van der Waals surface area (Å²) in [5.41, 5.74) is 0. The predicted octanol–water partition coefficient (Wildman–Crippen LogP) is 1.58. The van der Waals surface area contributed by atoms with E-state index in [1.54, 1.807) is 19.1 Å². The Labute approximate surface area is 101 Å². The topological polar surface area (TPSA) is 60.7 Å². The molecule has 96 valence electrons. The van der Waals surface area contributed by atoms with Crippen LogP contribution in [-0.2, 0) is 15.9 Å². The van der Waals surface area contributed by atoms with Crippen molar-refractivity contribution in [3.63, 3.8) is 0 Å². The number of methoxy groups -OCH3 is 2. The Morgan fingerprint density at radius 3 is 2.53 bits per heavy atom. The van der Waals surface area contributed by atoms with Gasteiger partial charge in [-0.25, -0.2) is 0 Å². The zero-order chi connectivity index (χ0) is 12.8. The number of hydrogen-bond donors (Lipinski definition) is 1. The standard InChI is InChI=1S/C12H19NO4/c1-5-9-6-7-10(17-9)11(14)13-8(2)12(15-3)16-4/h6-8,12H,5H2,1-4H3,(H,13,14). The Hall–Kier alpha value is -1.33. The maximum absolute atomic E-state index is 11.8. The molecule has 1 N–H and O–H groups in total. The van der Waals surface area contributed by atoms with Gasteiger partial charge in [-0.2, -0.15) is 0 Å². The van der Waals surface area contributed by atoms with Gasteiger partial charge in [-0.3, -0.25) is 4.79 Å². The molecule has 1 unspecified atom stereocenters. The second kappa shape index (κ2) is 6.42. The van der Waals surface area contributed by atoms with E-state index in [0.29, 0.717) is 5.76 Å². The smallest absolute Gasteiger partial charge is 0.287 e. The molecule has 0 spiro atoms. The van der Waals surface area contributed by atoms with Gasteiger partial charge in [0.1, 0.15) is 5.76 Å². The number of rotatable bonds is 6. The van der Waals surface area contributed by atoms with Crippen LogP contribution in [0.5, 0.6) is 0 Å². The molecule has 1 amide bonds. The van der Waals surface area contributed by atoms with E-state index in [4.69, 9.17) is 13.9 Å². The van der Waals surface area contributed by atoms with Crippen LogP contribution in [0.3, 0.4) is 0 Å². The fraction of sp³-hybridized carbons (Fsp3) is 0.583. The lowest BCUT2D eigenvalue weighted by molar-refractivity contribution is -0.117. The van der Waals surface area contributed by atoms with E-state index in [-0.39, 0.29) is 11.9 Å². The average Bonchev–Trinajstić information content (AvgIpc) is 2.79. The fourth-order valence-electron chi connectivity index (χ4n) is 1.54. The molecule has 1 atom stereocenters. The quantitative estimate of drug-likeness (QED) is 0.768. The lowest BCUT2D eigenvalue weighted by Crippen LogP contribution is -2.42. The van der Waals surface area contributed by atoms with Gasteiger partial charge in [0.05, 0.1) is 6.04 Å². The Bertz CT molecular complexity index is 357. The first-order valence-electron chi connectivity index (χ1n) is 5.57. The molecule has 0 aliphatic rings. The van der Waals surface area contributed by atoms with E-state index in [1.165, 1.54) is 14.2 Å². The van der Waals surface area contributed by atoms with Crippen molar-refractivity contribution in [3.05, 3.63) is 23.7 Å². The normalized spacial score (nSPS) is 12.8. The third-order valence-corrected chi connectivity index (χ3v) is 2.47. The molecule has 1 heterocycles. The van der Waals surface area contributed by atoms with Crippen LogP contribution in [0.1, 0.15) is 30.2 Å². The van der Waals surface area contributed by atoms with E-state index in [9.17, 15) is 4.79 Å². The van der Waals surface area contributed by atoms with Gasteiger partial charge in [0.25, 0.3) is 5.91 Å². The minimum absolute atomic E-state index is 0.257. The summed E-state index contributed by atoms with van der Waals surface area (Å²) in [5.74, 6) is 0.828. The molecular weight excluding hydrogens is 222 g/mol. The van der Waals surface area contributed by atoms with Crippen molar-refractivity contribution >= 4 is 5.91 Å². The van der Waals surface area contributed by atoms with Crippen molar-refractivity contribution in [1.82, 2.24) is 5.32 Å². The van der Waals surface area contributed by atoms with Crippen LogP contribution in [0.4, 0.5) is 0 Å². The number of furan rings is 1. The summed E-state index contributed by atoms with van der Waals surface area (Å²) in [7, 11) is 3.05. The fourth-order valence-corrected chi connectivity index (χ4v) is 1.54. The monoisotopic (exact) mass is 241 g/mol. The first kappa shape index (κ1) is 13.7. The maximum Gasteiger partial charge on any atom is 0.287 e. The third-order valence-electron chi connectivity index (χ3n) is 2.47. The van der Waals surface area contributed by atoms with Gasteiger partial charge in [-0.1, -0.05) is 6.92 Å². The van der Waals surface area contributed by atoms with Gasteiger partial charge in [0, 0.05) is 20.6 Å². The van der Waals surface area contributed by atoms with Gasteiger partial charge in [-0.05, 0) is 19.1 Å². The van der Waals surface area contributed by atoms with Crippen LogP contribution < -0.4 is 5.32 Å². The first-order chi connectivity index (χ1) is 8.12. The molecule has 0 aromatic carbocycles. The molecule has 0 fully saturated rings. The molecule has 17 heavy (non-hydrogen) atoms. The van der Waals surface area contributed by atoms with Crippen molar-refractivity contribution in [2.75, 3.05) is 14.2 Å². The summed E-state index contributed by atoms with van der Waals surface area (Å²) >= 11 is 0. The number of carbonyl (C=O) groups excluding carboxylic acids is 1. The molecule has 0 bridgehead atoms. The molecule has 1 aromatic heterocycles. The lowest BCUT2D eigenvalue weighted by atomic mass is 10.3. The van der Waals surface area contributed by atoms with Crippen LogP contribution in [-0.4, -0.2) is 32.5 Å². The summed E-state index contributed by atoms with van der Waals surface area (Å²) in [6.07, 6.45) is 0.293. The zero-order valence-corrected chi connectivity index (χ0v) is 10.6. The van der Waals surface area contributed by atoms with Crippen LogP contribution in [0, 0.1) is 0 Å². The van der Waals surface area contributed by atoms with Crippen LogP contribution in [0.25, 0.3) is 0 Å². The van der Waals surface area contributed by atoms with E-state index in [0.717, 1.165) is 12.2 Å². The highest BCUT2D eigenvalue weighted by molar-refractivity contribution is 5.91. The van der Waals surface area contributed by atoms with Crippen LogP contribution in [0.2, 0.25) is 0 Å². The van der Waals surface area contributed by atoms with E-state index in [1.807, 2.05) is 6.92 Å². The second-order valence-electron chi connectivity index (χ2n) is 3.72. The molecule has 5 heteroatoms. The van der Waals surface area contributed by atoms with Gasteiger partial charge in [0.2, 0.25) is 0 Å². The van der Waals surface area contributed by atoms with Crippen molar-refractivity contribution in [2.24, 2.45) is 0 Å². The molecule has 0 radical (unpaired) electrons. The number of amides is 1. The molecule has 5 nitrogen and oxygen atoms in total. The third kappa shape index (κ3) is 3.57. The van der Waals surface area contributed by atoms with Gasteiger partial charge >= 0.3 is 0 Å². The Balaban J connectivity index is 2.59. The van der Waals surface area contributed by atoms with Gasteiger partial charge < -0.3 is 19.2 Å². The van der Waals surface area contributed by atoms with Crippen molar-refractivity contribution < 1.29 is 18.7 Å². The Morgan fingerprint density at radius 2 is 2.06 bits per heavy atom. The molecule has 1 aromatic rings. The van der Waals surface area contributed by atoms with Crippen molar-refractivity contribution in [3.8, 4) is 0 Å². The number of ether oxygens (including phenoxy) is 2. The predicted molar refractivity (Wildman–Crippen MR) is 62.8 cm³/mol. The summed E-state index contributed by atoms with van der Waals surface area (Å²) in [6.45, 7) is 3.77. The Kier molecular flexibility index (Phi) is 5.18. The molecule has 0 aliphatic heterocycles. The maximum atomic E-state index is 11.8. The molecular formula is C12H19NO4. The minimum Gasteiger partial charge on any atom is -0.456 e. The second-order valence-corrected chi connectivity index (χ2v) is 3.72. The molecule has 0 aliphatic carbocycles. The van der Waals surface area contributed by atoms with E-state index in [2.05, 4.69) is 5.32 Å².